The van der Waals surface area contributed by atoms with Gasteiger partial charge in [-0.05, 0) is 79.5 Å². The van der Waals surface area contributed by atoms with Crippen LogP contribution >= 0.6 is 0 Å². The summed E-state index contributed by atoms with van der Waals surface area (Å²) < 4.78 is 2.18. The van der Waals surface area contributed by atoms with E-state index in [0.29, 0.717) is 12.4 Å². The van der Waals surface area contributed by atoms with Crippen molar-refractivity contribution < 1.29 is 5.11 Å². The van der Waals surface area contributed by atoms with Gasteiger partial charge in [0, 0.05) is 18.2 Å². The first-order valence-corrected chi connectivity index (χ1v) is 11.0. The molecule has 0 unspecified atom stereocenters. The highest BCUT2D eigenvalue weighted by Gasteiger charge is 2.22. The van der Waals surface area contributed by atoms with E-state index in [0.717, 1.165) is 61.9 Å². The van der Waals surface area contributed by atoms with Crippen LogP contribution in [0, 0.1) is 0 Å². The van der Waals surface area contributed by atoms with Crippen LogP contribution in [-0.2, 0) is 19.4 Å². The number of hydrogen-bond acceptors (Lipinski definition) is 5. The van der Waals surface area contributed by atoms with Crippen molar-refractivity contribution in [3.8, 4) is 0 Å². The highest BCUT2D eigenvalue weighted by atomic mass is 16.3. The van der Waals surface area contributed by atoms with E-state index in [1.807, 2.05) is 20.0 Å². The zero-order chi connectivity index (χ0) is 21.8. The average molecular weight is 404 g/mol. The third-order valence-electron chi connectivity index (χ3n) is 5.59. The van der Waals surface area contributed by atoms with Gasteiger partial charge in [0.2, 0.25) is 0 Å². The molecule has 0 amide bonds. The number of rotatable bonds is 10. The molecule has 164 valence electrons. The van der Waals surface area contributed by atoms with Gasteiger partial charge in [0.15, 0.2) is 5.82 Å². The number of anilines is 1. The van der Waals surface area contributed by atoms with E-state index in [9.17, 15) is 5.11 Å². The molecule has 3 N–H and O–H groups in total. The Kier molecular flexibility index (Phi) is 7.68. The fourth-order valence-electron chi connectivity index (χ4n) is 3.54. The molecule has 0 aliphatic carbocycles. The molecule has 0 saturated carbocycles. The lowest BCUT2D eigenvalue weighted by Gasteiger charge is -2.31. The lowest BCUT2D eigenvalue weighted by atomic mass is 10.0. The summed E-state index contributed by atoms with van der Waals surface area (Å²) in [5.74, 6) is 1.47. The number of aromatic nitrogens is 3. The predicted octanol–water partition coefficient (Wildman–Crippen LogP) is 4.18. The molecule has 0 aromatic carbocycles. The van der Waals surface area contributed by atoms with Crippen molar-refractivity contribution in [3.63, 3.8) is 0 Å². The van der Waals surface area contributed by atoms with Crippen LogP contribution in [0.5, 0.6) is 0 Å². The lowest BCUT2D eigenvalue weighted by molar-refractivity contribution is 0.0617. The minimum absolute atomic E-state index is 0.190. The highest BCUT2D eigenvalue weighted by molar-refractivity contribution is 5.88. The molecule has 0 radical (unpaired) electrons. The number of unbranched alkanes of at least 4 members (excludes halogenated alkanes) is 2. The quantitative estimate of drug-likeness (QED) is 0.582. The Morgan fingerprint density at radius 2 is 1.79 bits per heavy atom. The van der Waals surface area contributed by atoms with Gasteiger partial charge in [-0.25, -0.2) is 9.97 Å². The van der Waals surface area contributed by atoms with E-state index in [-0.39, 0.29) is 5.54 Å². The summed E-state index contributed by atoms with van der Waals surface area (Å²) in [5, 5.41) is 10.5. The second-order valence-corrected chi connectivity index (χ2v) is 9.95. The first kappa shape index (κ1) is 23.6. The molecule has 0 spiro atoms. The molecule has 0 atom stereocenters. The molecular formula is C23H41N5O. The number of pyridine rings is 1. The van der Waals surface area contributed by atoms with Crippen LogP contribution in [0.25, 0.3) is 11.0 Å². The molecule has 2 aromatic rings. The molecule has 29 heavy (non-hydrogen) atoms. The minimum atomic E-state index is -0.820. The van der Waals surface area contributed by atoms with Gasteiger partial charge in [0.05, 0.1) is 17.7 Å². The van der Waals surface area contributed by atoms with E-state index in [4.69, 9.17) is 10.7 Å². The number of hydrogen-bond donors (Lipinski definition) is 2. The second kappa shape index (κ2) is 9.43. The van der Waals surface area contributed by atoms with Gasteiger partial charge in [0.1, 0.15) is 11.3 Å². The Morgan fingerprint density at radius 1 is 1.10 bits per heavy atom. The van der Waals surface area contributed by atoms with Crippen LogP contribution < -0.4 is 5.73 Å². The standard InChI is InChI=1S/C23H41N5O/c1-8-9-13-18-26-19-20(28(18)16-23(5,6)29)17(15-25-21(19)24)12-10-11-14-27(7)22(2,3)4/h15,29H,8-14,16H2,1-7H3,(H2,24,25). The summed E-state index contributed by atoms with van der Waals surface area (Å²) in [7, 11) is 2.18. The largest absolute Gasteiger partial charge is 0.389 e. The Bertz CT molecular complexity index is 798. The SMILES string of the molecule is CCCCc1nc2c(N)ncc(CCCCN(C)C(C)(C)C)c2n1CC(C)(C)O. The fraction of sp³-hybridized carbons (Fsp3) is 0.739. The number of imidazole rings is 1. The van der Waals surface area contributed by atoms with Crippen LogP contribution in [0.4, 0.5) is 5.82 Å². The van der Waals surface area contributed by atoms with Gasteiger partial charge in [-0.3, -0.25) is 0 Å². The lowest BCUT2D eigenvalue weighted by Crippen LogP contribution is -2.38. The fourth-order valence-corrected chi connectivity index (χ4v) is 3.54. The molecular weight excluding hydrogens is 362 g/mol. The third-order valence-corrected chi connectivity index (χ3v) is 5.59. The maximum Gasteiger partial charge on any atom is 0.151 e. The Hall–Kier alpha value is -1.66. The number of fused-ring (bicyclic) bond motifs is 1. The summed E-state index contributed by atoms with van der Waals surface area (Å²) in [6.07, 6.45) is 8.10. The van der Waals surface area contributed by atoms with Gasteiger partial charge >= 0.3 is 0 Å². The van der Waals surface area contributed by atoms with Crippen molar-refractivity contribution >= 4 is 16.9 Å². The molecule has 2 heterocycles. The van der Waals surface area contributed by atoms with Crippen molar-refractivity contribution in [2.24, 2.45) is 0 Å². The molecule has 0 aliphatic heterocycles. The van der Waals surface area contributed by atoms with Crippen molar-refractivity contribution in [1.29, 1.82) is 0 Å². The van der Waals surface area contributed by atoms with E-state index in [1.54, 1.807) is 0 Å². The maximum atomic E-state index is 10.5. The molecule has 0 saturated heterocycles. The molecule has 2 aromatic heterocycles. The summed E-state index contributed by atoms with van der Waals surface area (Å²) >= 11 is 0. The van der Waals surface area contributed by atoms with Crippen LogP contribution in [0.3, 0.4) is 0 Å². The zero-order valence-corrected chi connectivity index (χ0v) is 19.5. The topological polar surface area (TPSA) is 80.2 Å². The van der Waals surface area contributed by atoms with Crippen LogP contribution in [-0.4, -0.2) is 49.3 Å². The predicted molar refractivity (Wildman–Crippen MR) is 122 cm³/mol. The Balaban J connectivity index is 2.30. The molecule has 2 rings (SSSR count). The van der Waals surface area contributed by atoms with Crippen LogP contribution in [0.1, 0.15) is 78.6 Å². The van der Waals surface area contributed by atoms with Crippen molar-refractivity contribution in [1.82, 2.24) is 19.4 Å². The van der Waals surface area contributed by atoms with E-state index in [1.165, 1.54) is 5.56 Å². The van der Waals surface area contributed by atoms with Gasteiger partial charge in [-0.1, -0.05) is 13.3 Å². The van der Waals surface area contributed by atoms with Crippen molar-refractivity contribution in [2.45, 2.75) is 97.8 Å². The van der Waals surface area contributed by atoms with Gasteiger partial charge < -0.3 is 20.3 Å². The monoisotopic (exact) mass is 403 g/mol. The maximum absolute atomic E-state index is 10.5. The Labute approximate surface area is 176 Å². The molecule has 0 fully saturated rings. The zero-order valence-electron chi connectivity index (χ0n) is 19.5. The first-order valence-electron chi connectivity index (χ1n) is 11.0. The summed E-state index contributed by atoms with van der Waals surface area (Å²) in [6, 6.07) is 0. The van der Waals surface area contributed by atoms with Gasteiger partial charge in [-0.2, -0.15) is 0 Å². The summed E-state index contributed by atoms with van der Waals surface area (Å²) in [5.41, 5.74) is 8.56. The highest BCUT2D eigenvalue weighted by Crippen LogP contribution is 2.28. The van der Waals surface area contributed by atoms with Crippen LogP contribution in [0.2, 0.25) is 0 Å². The average Bonchev–Trinajstić information content (AvgIpc) is 2.95. The third kappa shape index (κ3) is 6.41. The van der Waals surface area contributed by atoms with Crippen molar-refractivity contribution in [3.05, 3.63) is 17.6 Å². The van der Waals surface area contributed by atoms with E-state index >= 15 is 0 Å². The van der Waals surface area contributed by atoms with Crippen molar-refractivity contribution in [2.75, 3.05) is 19.3 Å². The molecule has 6 nitrogen and oxygen atoms in total. The number of nitrogen functional groups attached to an aromatic ring is 1. The first-order chi connectivity index (χ1) is 13.4. The Morgan fingerprint density at radius 3 is 2.38 bits per heavy atom. The minimum Gasteiger partial charge on any atom is -0.389 e. The molecule has 6 heteroatoms. The van der Waals surface area contributed by atoms with Gasteiger partial charge in [-0.15, -0.1) is 0 Å². The normalized spacial score (nSPS) is 13.0. The second-order valence-electron chi connectivity index (χ2n) is 9.95. The molecule has 0 aliphatic rings. The summed E-state index contributed by atoms with van der Waals surface area (Å²) in [4.78, 5) is 11.7. The number of nitrogens with two attached hydrogens (primary N) is 1. The molecule has 0 bridgehead atoms. The summed E-state index contributed by atoms with van der Waals surface area (Å²) in [6.45, 7) is 14.2. The number of aliphatic hydroxyl groups is 1. The number of aryl methyl sites for hydroxylation is 2. The van der Waals surface area contributed by atoms with E-state index in [2.05, 4.69) is 49.2 Å². The number of nitrogens with zero attached hydrogens (tertiary/aromatic N) is 4. The van der Waals surface area contributed by atoms with E-state index < -0.39 is 5.60 Å². The smallest absolute Gasteiger partial charge is 0.151 e. The van der Waals surface area contributed by atoms with Gasteiger partial charge in [0.25, 0.3) is 0 Å². The van der Waals surface area contributed by atoms with Crippen LogP contribution in [0.15, 0.2) is 6.20 Å².